The Labute approximate surface area is 171 Å². The molecule has 0 saturated heterocycles. The summed E-state index contributed by atoms with van der Waals surface area (Å²) in [6, 6.07) is 10.4. The number of aliphatic hydroxyl groups is 1. The zero-order chi connectivity index (χ0) is 19.6. The molecule has 6 nitrogen and oxygen atoms in total. The standard InChI is InChI=1S/C23H29N5O/c29-21-13-16(15-28-11-10-24-23(28)17-6-2-1-3-7-17)12-20(21)25-14-22-26-18-8-4-5-9-19(18)27-22/h1-3,6-7,10-11,16,20-21,25,29H,4-5,8-9,12-15H2,(H,26,27)/t16?,20-,21-/m1/s1. The Hall–Kier alpha value is -2.44. The SMILES string of the molecule is O[C@@H]1CC(Cn2ccnc2-c2ccccc2)C[C@H]1NCc1nc2c([nH]1)CCCC2. The zero-order valence-corrected chi connectivity index (χ0v) is 16.7. The second-order valence-electron chi connectivity index (χ2n) is 8.48. The molecule has 0 radical (unpaired) electrons. The van der Waals surface area contributed by atoms with Gasteiger partial charge in [0, 0.05) is 36.2 Å². The highest BCUT2D eigenvalue weighted by Gasteiger charge is 2.33. The number of aromatic nitrogens is 4. The number of fused-ring (bicyclic) bond motifs is 1. The summed E-state index contributed by atoms with van der Waals surface area (Å²) in [7, 11) is 0. The fourth-order valence-electron chi connectivity index (χ4n) is 4.89. The van der Waals surface area contributed by atoms with Crippen LogP contribution in [-0.4, -0.2) is 36.8 Å². The molecule has 0 spiro atoms. The normalized spacial score (nSPS) is 24.0. The van der Waals surface area contributed by atoms with Gasteiger partial charge in [-0.1, -0.05) is 30.3 Å². The maximum absolute atomic E-state index is 10.6. The second-order valence-corrected chi connectivity index (χ2v) is 8.48. The molecule has 2 aliphatic carbocycles. The van der Waals surface area contributed by atoms with E-state index in [4.69, 9.17) is 4.98 Å². The summed E-state index contributed by atoms with van der Waals surface area (Å²) < 4.78 is 2.22. The van der Waals surface area contributed by atoms with Crippen molar-refractivity contribution in [3.8, 4) is 11.4 Å². The minimum Gasteiger partial charge on any atom is -0.391 e. The maximum atomic E-state index is 10.6. The van der Waals surface area contributed by atoms with Crippen molar-refractivity contribution in [3.63, 3.8) is 0 Å². The Morgan fingerprint density at radius 3 is 2.86 bits per heavy atom. The Bertz CT molecular complexity index is 924. The van der Waals surface area contributed by atoms with Crippen molar-refractivity contribution in [2.75, 3.05) is 0 Å². The minimum atomic E-state index is -0.312. The Balaban J connectivity index is 1.19. The molecule has 0 bridgehead atoms. The van der Waals surface area contributed by atoms with Gasteiger partial charge in [-0.15, -0.1) is 0 Å². The van der Waals surface area contributed by atoms with E-state index in [1.807, 2.05) is 30.6 Å². The molecule has 5 rings (SSSR count). The van der Waals surface area contributed by atoms with Crippen LogP contribution in [0.15, 0.2) is 42.7 Å². The lowest BCUT2D eigenvalue weighted by Gasteiger charge is -2.16. The molecule has 3 aromatic rings. The number of aryl methyl sites for hydroxylation is 2. The van der Waals surface area contributed by atoms with Gasteiger partial charge in [0.25, 0.3) is 0 Å². The van der Waals surface area contributed by atoms with E-state index in [0.717, 1.165) is 49.4 Å². The molecule has 1 aromatic carbocycles. The third-order valence-electron chi connectivity index (χ3n) is 6.36. The Morgan fingerprint density at radius 1 is 1.14 bits per heavy atom. The van der Waals surface area contributed by atoms with Crippen LogP contribution in [0.25, 0.3) is 11.4 Å². The number of hydrogen-bond acceptors (Lipinski definition) is 4. The number of rotatable bonds is 6. The summed E-state index contributed by atoms with van der Waals surface area (Å²) in [6.45, 7) is 1.58. The van der Waals surface area contributed by atoms with Crippen molar-refractivity contribution in [2.45, 2.75) is 63.8 Å². The van der Waals surface area contributed by atoms with Crippen molar-refractivity contribution in [1.29, 1.82) is 0 Å². The van der Waals surface area contributed by atoms with Crippen LogP contribution in [0, 0.1) is 5.92 Å². The Morgan fingerprint density at radius 2 is 2.00 bits per heavy atom. The quantitative estimate of drug-likeness (QED) is 0.603. The van der Waals surface area contributed by atoms with Gasteiger partial charge in [0.15, 0.2) is 0 Å². The van der Waals surface area contributed by atoms with E-state index in [0.29, 0.717) is 12.5 Å². The second kappa shape index (κ2) is 8.13. The summed E-state index contributed by atoms with van der Waals surface area (Å²) in [5, 5.41) is 14.1. The van der Waals surface area contributed by atoms with Gasteiger partial charge in [0.2, 0.25) is 0 Å². The van der Waals surface area contributed by atoms with Crippen LogP contribution in [0.5, 0.6) is 0 Å². The molecule has 2 aromatic heterocycles. The highest BCUT2D eigenvalue weighted by molar-refractivity contribution is 5.55. The molecule has 152 valence electrons. The van der Waals surface area contributed by atoms with Crippen LogP contribution in [0.1, 0.15) is 42.9 Å². The third kappa shape index (κ3) is 4.00. The molecule has 0 amide bonds. The summed E-state index contributed by atoms with van der Waals surface area (Å²) >= 11 is 0. The molecule has 1 saturated carbocycles. The Kier molecular flexibility index (Phi) is 5.21. The van der Waals surface area contributed by atoms with Crippen LogP contribution in [0.4, 0.5) is 0 Å². The highest BCUT2D eigenvalue weighted by atomic mass is 16.3. The van der Waals surface area contributed by atoms with Gasteiger partial charge >= 0.3 is 0 Å². The van der Waals surface area contributed by atoms with Gasteiger partial charge in [-0.3, -0.25) is 0 Å². The van der Waals surface area contributed by atoms with E-state index >= 15 is 0 Å². The maximum Gasteiger partial charge on any atom is 0.139 e. The van der Waals surface area contributed by atoms with Crippen LogP contribution >= 0.6 is 0 Å². The fraction of sp³-hybridized carbons (Fsp3) is 0.478. The average molecular weight is 392 g/mol. The van der Waals surface area contributed by atoms with E-state index in [-0.39, 0.29) is 12.1 Å². The molecule has 3 atom stereocenters. The number of nitrogens with zero attached hydrogens (tertiary/aromatic N) is 3. The van der Waals surface area contributed by atoms with Crippen LogP contribution in [-0.2, 0) is 25.9 Å². The van der Waals surface area contributed by atoms with E-state index in [2.05, 4.69) is 32.0 Å². The highest BCUT2D eigenvalue weighted by Crippen LogP contribution is 2.29. The predicted molar refractivity (Wildman–Crippen MR) is 112 cm³/mol. The van der Waals surface area contributed by atoms with Crippen molar-refractivity contribution in [1.82, 2.24) is 24.8 Å². The summed E-state index contributed by atoms with van der Waals surface area (Å²) in [5.41, 5.74) is 3.69. The summed E-state index contributed by atoms with van der Waals surface area (Å²) in [6.07, 6.45) is 10.1. The zero-order valence-electron chi connectivity index (χ0n) is 16.7. The monoisotopic (exact) mass is 391 g/mol. The van der Waals surface area contributed by atoms with E-state index in [9.17, 15) is 5.11 Å². The molecule has 2 aliphatic rings. The van der Waals surface area contributed by atoms with Crippen LogP contribution < -0.4 is 5.32 Å². The van der Waals surface area contributed by atoms with E-state index in [1.165, 1.54) is 24.2 Å². The number of H-pyrrole nitrogens is 1. The average Bonchev–Trinajstić information content (AvgIpc) is 3.45. The summed E-state index contributed by atoms with van der Waals surface area (Å²) in [5.74, 6) is 2.44. The molecular formula is C23H29N5O. The first-order chi connectivity index (χ1) is 14.3. The predicted octanol–water partition coefficient (Wildman–Crippen LogP) is 3.08. The molecule has 1 unspecified atom stereocenters. The van der Waals surface area contributed by atoms with Crippen molar-refractivity contribution in [2.24, 2.45) is 5.92 Å². The first-order valence-corrected chi connectivity index (χ1v) is 10.8. The number of hydrogen-bond donors (Lipinski definition) is 3. The molecule has 3 N–H and O–H groups in total. The fourth-order valence-corrected chi connectivity index (χ4v) is 4.89. The number of aliphatic hydroxyl groups excluding tert-OH is 1. The molecule has 2 heterocycles. The third-order valence-corrected chi connectivity index (χ3v) is 6.36. The van der Waals surface area contributed by atoms with E-state index < -0.39 is 0 Å². The van der Waals surface area contributed by atoms with Crippen LogP contribution in [0.2, 0.25) is 0 Å². The van der Waals surface area contributed by atoms with Crippen LogP contribution in [0.3, 0.4) is 0 Å². The van der Waals surface area contributed by atoms with Gasteiger partial charge in [-0.25, -0.2) is 9.97 Å². The van der Waals surface area contributed by atoms with Crippen molar-refractivity contribution in [3.05, 3.63) is 59.9 Å². The lowest BCUT2D eigenvalue weighted by Crippen LogP contribution is -2.35. The molecule has 1 fully saturated rings. The molecule has 6 heteroatoms. The smallest absolute Gasteiger partial charge is 0.139 e. The first kappa shape index (κ1) is 18.6. The number of imidazole rings is 2. The molecular weight excluding hydrogens is 362 g/mol. The number of benzene rings is 1. The van der Waals surface area contributed by atoms with E-state index in [1.54, 1.807) is 0 Å². The summed E-state index contributed by atoms with van der Waals surface area (Å²) in [4.78, 5) is 12.8. The minimum absolute atomic E-state index is 0.117. The lowest BCUT2D eigenvalue weighted by atomic mass is 10.0. The van der Waals surface area contributed by atoms with Gasteiger partial charge in [-0.05, 0) is 44.4 Å². The lowest BCUT2D eigenvalue weighted by molar-refractivity contribution is 0.145. The largest absolute Gasteiger partial charge is 0.391 e. The van der Waals surface area contributed by atoms with Crippen molar-refractivity contribution < 1.29 is 5.11 Å². The molecule has 29 heavy (non-hydrogen) atoms. The number of nitrogens with one attached hydrogen (secondary N) is 2. The van der Waals surface area contributed by atoms with Gasteiger partial charge in [-0.2, -0.15) is 0 Å². The number of aromatic amines is 1. The van der Waals surface area contributed by atoms with Gasteiger partial charge in [0.05, 0.1) is 18.3 Å². The van der Waals surface area contributed by atoms with Crippen molar-refractivity contribution >= 4 is 0 Å². The van der Waals surface area contributed by atoms with Gasteiger partial charge < -0.3 is 20.0 Å². The first-order valence-electron chi connectivity index (χ1n) is 10.8. The molecule has 0 aliphatic heterocycles. The topological polar surface area (TPSA) is 78.8 Å². The van der Waals surface area contributed by atoms with Gasteiger partial charge in [0.1, 0.15) is 11.6 Å².